The predicted molar refractivity (Wildman–Crippen MR) is 94.4 cm³/mol. The predicted octanol–water partition coefficient (Wildman–Crippen LogP) is 4.05. The minimum atomic E-state index is -0.644. The zero-order valence-corrected chi connectivity index (χ0v) is 14.0. The summed E-state index contributed by atoms with van der Waals surface area (Å²) in [7, 11) is 1.55. The summed E-state index contributed by atoms with van der Waals surface area (Å²) < 4.78 is 16.5. The first-order valence-electron chi connectivity index (χ1n) is 8.13. The largest absolute Gasteiger partial charge is 0.491 e. The number of benzene rings is 2. The molecule has 0 aliphatic rings. The fraction of sp³-hybridized carbons (Fsp3) is 0.300. The van der Waals surface area contributed by atoms with Gasteiger partial charge in [0.25, 0.3) is 0 Å². The first kappa shape index (κ1) is 16.6. The summed E-state index contributed by atoms with van der Waals surface area (Å²) in [5.41, 5.74) is 3.15. The smallest absolute Gasteiger partial charge is 0.138 e. The van der Waals surface area contributed by atoms with Crippen molar-refractivity contribution in [2.24, 2.45) is 0 Å². The van der Waals surface area contributed by atoms with Crippen molar-refractivity contribution in [2.75, 3.05) is 20.3 Å². The van der Waals surface area contributed by atoms with Crippen molar-refractivity contribution in [1.82, 2.24) is 0 Å². The average molecular weight is 326 g/mol. The van der Waals surface area contributed by atoms with Crippen LogP contribution in [0.5, 0.6) is 5.75 Å². The molecule has 1 atom stereocenters. The first-order chi connectivity index (χ1) is 11.7. The molecule has 1 aromatic heterocycles. The van der Waals surface area contributed by atoms with Crippen LogP contribution in [0.25, 0.3) is 22.3 Å². The van der Waals surface area contributed by atoms with Gasteiger partial charge in [0, 0.05) is 24.1 Å². The molecule has 0 fully saturated rings. The van der Waals surface area contributed by atoms with Gasteiger partial charge in [-0.3, -0.25) is 0 Å². The molecule has 1 N–H and O–H groups in total. The maximum Gasteiger partial charge on any atom is 0.138 e. The van der Waals surface area contributed by atoms with E-state index >= 15 is 0 Å². The molecule has 4 heteroatoms. The third-order valence-electron chi connectivity index (χ3n) is 3.96. The Balaban J connectivity index is 1.84. The Morgan fingerprint density at radius 2 is 1.92 bits per heavy atom. The summed E-state index contributed by atoms with van der Waals surface area (Å²) in [6.07, 6.45) is 0.313. The summed E-state index contributed by atoms with van der Waals surface area (Å²) in [4.78, 5) is 0. The molecular formula is C20H22O4. The van der Waals surface area contributed by atoms with E-state index in [2.05, 4.69) is 19.1 Å². The van der Waals surface area contributed by atoms with Crippen molar-refractivity contribution in [3.8, 4) is 17.1 Å². The zero-order chi connectivity index (χ0) is 16.9. The van der Waals surface area contributed by atoms with Crippen LogP contribution in [-0.4, -0.2) is 31.5 Å². The lowest BCUT2D eigenvalue weighted by molar-refractivity contribution is 0.0326. The van der Waals surface area contributed by atoms with E-state index in [0.717, 1.165) is 28.7 Å². The number of aliphatic hydroxyl groups is 1. The van der Waals surface area contributed by atoms with Crippen LogP contribution in [-0.2, 0) is 11.2 Å². The monoisotopic (exact) mass is 326 g/mol. The Kier molecular flexibility index (Phi) is 5.18. The third kappa shape index (κ3) is 3.61. The lowest BCUT2D eigenvalue weighted by atomic mass is 10.0. The van der Waals surface area contributed by atoms with Crippen LogP contribution < -0.4 is 4.74 Å². The number of hydrogen-bond acceptors (Lipinski definition) is 4. The SMILES string of the molecule is CCc1ccccc1-c1cc2ccc(OCC(O)COC)cc2o1. The molecule has 0 spiro atoms. The lowest BCUT2D eigenvalue weighted by Gasteiger charge is -2.11. The highest BCUT2D eigenvalue weighted by molar-refractivity contribution is 5.84. The van der Waals surface area contributed by atoms with Crippen molar-refractivity contribution in [3.63, 3.8) is 0 Å². The average Bonchev–Trinajstić information content (AvgIpc) is 3.03. The second kappa shape index (κ2) is 7.51. The van der Waals surface area contributed by atoms with Crippen LogP contribution in [0.1, 0.15) is 12.5 Å². The number of methoxy groups -OCH3 is 1. The highest BCUT2D eigenvalue weighted by Crippen LogP contribution is 2.32. The van der Waals surface area contributed by atoms with Gasteiger partial charge in [-0.05, 0) is 30.2 Å². The van der Waals surface area contributed by atoms with Gasteiger partial charge >= 0.3 is 0 Å². The minimum Gasteiger partial charge on any atom is -0.491 e. The standard InChI is InChI=1S/C20H22O4/c1-3-14-6-4-5-7-18(14)20-10-15-8-9-17(11-19(15)24-20)23-13-16(21)12-22-2/h4-11,16,21H,3,12-13H2,1-2H3. The highest BCUT2D eigenvalue weighted by Gasteiger charge is 2.11. The third-order valence-corrected chi connectivity index (χ3v) is 3.96. The van der Waals surface area contributed by atoms with E-state index in [4.69, 9.17) is 13.9 Å². The molecule has 24 heavy (non-hydrogen) atoms. The van der Waals surface area contributed by atoms with Gasteiger partial charge in [0.1, 0.15) is 29.8 Å². The quantitative estimate of drug-likeness (QED) is 0.712. The zero-order valence-electron chi connectivity index (χ0n) is 14.0. The molecule has 2 aromatic carbocycles. The molecule has 0 radical (unpaired) electrons. The lowest BCUT2D eigenvalue weighted by Crippen LogP contribution is -2.22. The number of furan rings is 1. The first-order valence-corrected chi connectivity index (χ1v) is 8.13. The normalized spacial score (nSPS) is 12.5. The summed E-state index contributed by atoms with van der Waals surface area (Å²) in [6.45, 7) is 2.57. The van der Waals surface area contributed by atoms with E-state index in [1.807, 2.05) is 36.4 Å². The number of hydrogen-bond donors (Lipinski definition) is 1. The summed E-state index contributed by atoms with van der Waals surface area (Å²) in [5.74, 6) is 1.53. The van der Waals surface area contributed by atoms with Crippen molar-refractivity contribution < 1.29 is 19.0 Å². The van der Waals surface area contributed by atoms with Crippen molar-refractivity contribution in [1.29, 1.82) is 0 Å². The molecular weight excluding hydrogens is 304 g/mol. The molecule has 0 amide bonds. The van der Waals surface area contributed by atoms with Crippen molar-refractivity contribution in [2.45, 2.75) is 19.4 Å². The Morgan fingerprint density at radius 1 is 1.08 bits per heavy atom. The summed E-state index contributed by atoms with van der Waals surface area (Å²) in [5, 5.41) is 10.7. The van der Waals surface area contributed by atoms with Crippen LogP contribution in [0.3, 0.4) is 0 Å². The molecule has 0 bridgehead atoms. The Morgan fingerprint density at radius 3 is 2.71 bits per heavy atom. The van der Waals surface area contributed by atoms with Gasteiger partial charge in [0.15, 0.2) is 0 Å². The summed E-state index contributed by atoms with van der Waals surface area (Å²) >= 11 is 0. The molecule has 3 rings (SSSR count). The number of aliphatic hydroxyl groups excluding tert-OH is 1. The van der Waals surface area contributed by atoms with Gasteiger partial charge in [-0.2, -0.15) is 0 Å². The van der Waals surface area contributed by atoms with Crippen molar-refractivity contribution >= 4 is 11.0 Å². The molecule has 126 valence electrons. The number of aryl methyl sites for hydroxylation is 1. The maximum absolute atomic E-state index is 9.66. The molecule has 0 aliphatic carbocycles. The van der Waals surface area contributed by atoms with Crippen LogP contribution in [0.2, 0.25) is 0 Å². The Hall–Kier alpha value is -2.30. The fourth-order valence-electron chi connectivity index (χ4n) is 2.74. The molecule has 1 unspecified atom stereocenters. The van der Waals surface area contributed by atoms with Crippen LogP contribution in [0.4, 0.5) is 0 Å². The summed E-state index contributed by atoms with van der Waals surface area (Å²) in [6, 6.07) is 16.0. The minimum absolute atomic E-state index is 0.186. The number of rotatable bonds is 7. The molecule has 0 aliphatic heterocycles. The molecule has 4 nitrogen and oxygen atoms in total. The van der Waals surface area contributed by atoms with E-state index in [9.17, 15) is 5.11 Å². The van der Waals surface area contributed by atoms with E-state index in [1.165, 1.54) is 5.56 Å². The van der Waals surface area contributed by atoms with E-state index in [0.29, 0.717) is 5.75 Å². The van der Waals surface area contributed by atoms with Gasteiger partial charge in [-0.1, -0.05) is 31.2 Å². The van der Waals surface area contributed by atoms with Crippen LogP contribution >= 0.6 is 0 Å². The maximum atomic E-state index is 9.66. The highest BCUT2D eigenvalue weighted by atomic mass is 16.5. The topological polar surface area (TPSA) is 51.8 Å². The Bertz CT molecular complexity index is 806. The van der Waals surface area contributed by atoms with Gasteiger partial charge in [-0.25, -0.2) is 0 Å². The fourth-order valence-corrected chi connectivity index (χ4v) is 2.74. The van der Waals surface area contributed by atoms with Gasteiger partial charge in [0.2, 0.25) is 0 Å². The van der Waals surface area contributed by atoms with Gasteiger partial charge in [-0.15, -0.1) is 0 Å². The van der Waals surface area contributed by atoms with Crippen LogP contribution in [0, 0.1) is 0 Å². The van der Waals surface area contributed by atoms with Crippen molar-refractivity contribution in [3.05, 3.63) is 54.1 Å². The molecule has 1 heterocycles. The molecule has 3 aromatic rings. The van der Waals surface area contributed by atoms with E-state index in [-0.39, 0.29) is 13.2 Å². The van der Waals surface area contributed by atoms with E-state index in [1.54, 1.807) is 7.11 Å². The molecule has 0 saturated heterocycles. The Labute approximate surface area is 141 Å². The van der Waals surface area contributed by atoms with Gasteiger partial charge < -0.3 is 19.0 Å². The second-order valence-electron chi connectivity index (χ2n) is 5.74. The number of fused-ring (bicyclic) bond motifs is 1. The molecule has 0 saturated carbocycles. The van der Waals surface area contributed by atoms with Crippen LogP contribution in [0.15, 0.2) is 52.9 Å². The second-order valence-corrected chi connectivity index (χ2v) is 5.74. The van der Waals surface area contributed by atoms with Gasteiger partial charge in [0.05, 0.1) is 6.61 Å². The number of ether oxygens (including phenoxy) is 2. The van der Waals surface area contributed by atoms with E-state index < -0.39 is 6.10 Å².